The van der Waals surface area contributed by atoms with Gasteiger partial charge in [0.15, 0.2) is 23.7 Å². The molecule has 0 atom stereocenters. The summed E-state index contributed by atoms with van der Waals surface area (Å²) in [4.78, 5) is 0. The molecular weight excluding hydrogens is 608 g/mol. The number of halogens is 8. The normalized spacial score (nSPS) is 17.0. The van der Waals surface area contributed by atoms with Crippen molar-refractivity contribution in [1.82, 2.24) is 0 Å². The van der Waals surface area contributed by atoms with Crippen molar-refractivity contribution < 1.29 is 49.3 Å². The Morgan fingerprint density at radius 1 is 0.689 bits per heavy atom. The molecule has 0 radical (unpaired) electrons. The summed E-state index contributed by atoms with van der Waals surface area (Å²) in [6.45, 7) is 2.92. The maximum absolute atomic E-state index is 15.0. The van der Waals surface area contributed by atoms with Crippen LogP contribution in [0.5, 0.6) is 5.75 Å². The summed E-state index contributed by atoms with van der Waals surface area (Å²) in [5, 5.41) is 0. The van der Waals surface area contributed by atoms with Crippen molar-refractivity contribution in [3.63, 3.8) is 0 Å². The van der Waals surface area contributed by atoms with Crippen LogP contribution < -0.4 is 4.74 Å². The summed E-state index contributed by atoms with van der Waals surface area (Å²) in [6.07, 6.45) is -0.928. The van der Waals surface area contributed by atoms with Gasteiger partial charge in [-0.25, -0.2) is 26.3 Å². The van der Waals surface area contributed by atoms with Crippen molar-refractivity contribution >= 4 is 0 Å². The Morgan fingerprint density at radius 2 is 1.31 bits per heavy atom. The summed E-state index contributed by atoms with van der Waals surface area (Å²) >= 11 is 0. The van der Waals surface area contributed by atoms with Gasteiger partial charge in [-0.1, -0.05) is 44.4 Å². The summed E-state index contributed by atoms with van der Waals surface area (Å²) < 4.78 is 131. The number of ether oxygens (including phenoxy) is 3. The topological polar surface area (TPSA) is 27.7 Å². The molecule has 3 nitrogen and oxygen atoms in total. The van der Waals surface area contributed by atoms with Crippen molar-refractivity contribution in [3.8, 4) is 28.0 Å². The molecule has 11 heteroatoms. The largest absolute Gasteiger partial charge is 0.429 e. The van der Waals surface area contributed by atoms with E-state index in [9.17, 15) is 35.1 Å². The number of unbranched alkanes of at least 4 members (excludes halogenated alkanes) is 2. The third-order valence-corrected chi connectivity index (χ3v) is 7.52. The highest BCUT2D eigenvalue weighted by Crippen LogP contribution is 2.38. The zero-order valence-corrected chi connectivity index (χ0v) is 24.0. The van der Waals surface area contributed by atoms with Crippen LogP contribution in [0.2, 0.25) is 0 Å². The van der Waals surface area contributed by atoms with Crippen molar-refractivity contribution in [2.75, 3.05) is 13.2 Å². The Kier molecular flexibility index (Phi) is 9.79. The predicted molar refractivity (Wildman–Crippen MR) is 150 cm³/mol. The summed E-state index contributed by atoms with van der Waals surface area (Å²) in [7, 11) is 0. The number of benzene rings is 4. The van der Waals surface area contributed by atoms with Crippen molar-refractivity contribution in [1.29, 1.82) is 0 Å². The first-order chi connectivity index (χ1) is 21.5. The molecule has 0 spiro atoms. The molecule has 0 aliphatic carbocycles. The Hall–Kier alpha value is -3.96. The SMILES string of the molecule is CCCCCC1COC(c2ccc(C(F)(F)Oc3ccc(-c4ccc(-c5cc(F)c(F)c(F)c5)c(F)c4)c(F)c3)c(F)c2)OC1. The molecule has 0 aromatic heterocycles. The second kappa shape index (κ2) is 13.6. The molecule has 1 aliphatic heterocycles. The lowest BCUT2D eigenvalue weighted by molar-refractivity contribution is -0.206. The lowest BCUT2D eigenvalue weighted by Crippen LogP contribution is -2.27. The minimum Gasteiger partial charge on any atom is -0.429 e. The maximum Gasteiger partial charge on any atom is 0.429 e. The lowest BCUT2D eigenvalue weighted by Gasteiger charge is -2.30. The number of rotatable bonds is 10. The van der Waals surface area contributed by atoms with E-state index in [1.165, 1.54) is 12.1 Å². The molecule has 1 saturated heterocycles. The molecule has 0 unspecified atom stereocenters. The van der Waals surface area contributed by atoms with E-state index in [2.05, 4.69) is 11.7 Å². The Balaban J connectivity index is 1.27. The third-order valence-electron chi connectivity index (χ3n) is 7.52. The van der Waals surface area contributed by atoms with E-state index in [4.69, 9.17) is 9.47 Å². The van der Waals surface area contributed by atoms with Gasteiger partial charge in [0.05, 0.1) is 18.8 Å². The van der Waals surface area contributed by atoms with E-state index >= 15 is 0 Å². The maximum atomic E-state index is 15.0. The van der Waals surface area contributed by atoms with Gasteiger partial charge in [0, 0.05) is 28.7 Å². The Morgan fingerprint density at radius 3 is 1.93 bits per heavy atom. The van der Waals surface area contributed by atoms with Crippen LogP contribution in [-0.4, -0.2) is 13.2 Å². The van der Waals surface area contributed by atoms with Crippen LogP contribution in [0, 0.1) is 40.8 Å². The minimum absolute atomic E-state index is 0.0313. The first-order valence-electron chi connectivity index (χ1n) is 14.3. The van der Waals surface area contributed by atoms with E-state index in [-0.39, 0.29) is 33.7 Å². The Labute approximate surface area is 254 Å². The molecular formula is C34H28F8O3. The molecule has 1 fully saturated rings. The van der Waals surface area contributed by atoms with E-state index in [1.54, 1.807) is 0 Å². The van der Waals surface area contributed by atoms with Crippen molar-refractivity contribution in [2.24, 2.45) is 5.92 Å². The van der Waals surface area contributed by atoms with Gasteiger partial charge in [-0.3, -0.25) is 0 Å². The second-order valence-corrected chi connectivity index (χ2v) is 10.8. The van der Waals surface area contributed by atoms with E-state index in [0.29, 0.717) is 31.4 Å². The average molecular weight is 637 g/mol. The molecule has 0 amide bonds. The summed E-state index contributed by atoms with van der Waals surface area (Å²) in [6, 6.07) is 10.1. The molecule has 5 rings (SSSR count). The molecule has 238 valence electrons. The van der Waals surface area contributed by atoms with Gasteiger partial charge < -0.3 is 14.2 Å². The van der Waals surface area contributed by atoms with Crippen LogP contribution >= 0.6 is 0 Å². The van der Waals surface area contributed by atoms with Crippen molar-refractivity contribution in [3.05, 3.63) is 113 Å². The highest BCUT2D eigenvalue weighted by molar-refractivity contribution is 5.72. The first-order valence-corrected chi connectivity index (χ1v) is 14.3. The smallest absolute Gasteiger partial charge is 0.429 e. The highest BCUT2D eigenvalue weighted by atomic mass is 19.3. The fraction of sp³-hybridized carbons (Fsp3) is 0.294. The number of alkyl halides is 2. The van der Waals surface area contributed by atoms with Gasteiger partial charge in [-0.05, 0) is 60.0 Å². The lowest BCUT2D eigenvalue weighted by atomic mass is 9.99. The van der Waals surface area contributed by atoms with Gasteiger partial charge in [-0.2, -0.15) is 8.78 Å². The minimum atomic E-state index is -4.19. The van der Waals surface area contributed by atoms with Gasteiger partial charge in [-0.15, -0.1) is 0 Å². The average Bonchev–Trinajstić information content (AvgIpc) is 3.00. The van der Waals surface area contributed by atoms with Crippen LogP contribution in [0.3, 0.4) is 0 Å². The fourth-order valence-electron chi connectivity index (χ4n) is 5.12. The molecule has 0 N–H and O–H groups in total. The predicted octanol–water partition coefficient (Wildman–Crippen LogP) is 10.2. The van der Waals surface area contributed by atoms with Crippen LogP contribution in [-0.2, 0) is 15.6 Å². The van der Waals surface area contributed by atoms with Crippen LogP contribution in [0.25, 0.3) is 22.3 Å². The van der Waals surface area contributed by atoms with E-state index < -0.39 is 58.6 Å². The van der Waals surface area contributed by atoms with Crippen molar-refractivity contribution in [2.45, 2.75) is 45.0 Å². The van der Waals surface area contributed by atoms with Crippen LogP contribution in [0.4, 0.5) is 35.1 Å². The monoisotopic (exact) mass is 636 g/mol. The van der Waals surface area contributed by atoms with Gasteiger partial charge in [0.1, 0.15) is 23.2 Å². The van der Waals surface area contributed by atoms with Gasteiger partial charge >= 0.3 is 6.11 Å². The zero-order valence-electron chi connectivity index (χ0n) is 24.0. The standard InChI is InChI=1S/C34H28F8O3/c1-2-3-4-5-19-17-43-33(44-18-19)21-7-11-26(29(37)13-21)34(41,42)45-23-8-10-24(28(36)16-23)20-6-9-25(27(35)12-20)22-14-30(38)32(40)31(39)15-22/h6-16,19,33H,2-5,17-18H2,1H3. The molecule has 1 aliphatic rings. The molecule has 4 aromatic carbocycles. The fourth-order valence-corrected chi connectivity index (χ4v) is 5.12. The van der Waals surface area contributed by atoms with Gasteiger partial charge in [0.2, 0.25) is 0 Å². The van der Waals surface area contributed by atoms with Crippen LogP contribution in [0.15, 0.2) is 66.7 Å². The number of hydrogen-bond donors (Lipinski definition) is 0. The molecule has 4 aromatic rings. The van der Waals surface area contributed by atoms with E-state index in [1.807, 2.05) is 0 Å². The van der Waals surface area contributed by atoms with E-state index in [0.717, 1.165) is 62.1 Å². The summed E-state index contributed by atoms with van der Waals surface area (Å²) in [5.41, 5.74) is -1.66. The zero-order chi connectivity index (χ0) is 32.3. The van der Waals surface area contributed by atoms with Gasteiger partial charge in [0.25, 0.3) is 0 Å². The molecule has 0 saturated carbocycles. The second-order valence-electron chi connectivity index (χ2n) is 10.8. The quantitative estimate of drug-likeness (QED) is 0.0985. The number of hydrogen-bond acceptors (Lipinski definition) is 3. The third kappa shape index (κ3) is 7.31. The molecule has 1 heterocycles. The molecule has 45 heavy (non-hydrogen) atoms. The highest BCUT2D eigenvalue weighted by Gasteiger charge is 2.38. The summed E-state index contributed by atoms with van der Waals surface area (Å²) in [5.74, 6) is -8.50. The first kappa shape index (κ1) is 32.4. The Bertz CT molecular complexity index is 1640. The van der Waals surface area contributed by atoms with Crippen LogP contribution in [0.1, 0.15) is 50.0 Å². The molecule has 0 bridgehead atoms.